The van der Waals surface area contributed by atoms with Gasteiger partial charge in [-0.2, -0.15) is 5.10 Å². The molecule has 1 aromatic heterocycles. The largest absolute Gasteiger partial charge is 0.395 e. The molecule has 0 saturated heterocycles. The molecule has 2 amide bonds. The molecule has 106 valence electrons. The van der Waals surface area contributed by atoms with E-state index in [2.05, 4.69) is 15.7 Å². The number of anilines is 1. The Bertz CT molecular complexity index is 479. The fourth-order valence-corrected chi connectivity index (χ4v) is 1.74. The minimum atomic E-state index is -0.397. The van der Waals surface area contributed by atoms with Crippen LogP contribution in [0.1, 0.15) is 37.0 Å². The molecule has 0 aliphatic rings. The zero-order valence-corrected chi connectivity index (χ0v) is 11.8. The summed E-state index contributed by atoms with van der Waals surface area (Å²) in [5, 5.41) is 9.37. The number of rotatable bonds is 5. The molecular weight excluding hydrogens is 246 g/mol. The van der Waals surface area contributed by atoms with E-state index in [-0.39, 0.29) is 24.2 Å². The van der Waals surface area contributed by atoms with Crippen LogP contribution in [0.15, 0.2) is 0 Å². The summed E-state index contributed by atoms with van der Waals surface area (Å²) in [5.74, 6) is -0.633. The van der Waals surface area contributed by atoms with Gasteiger partial charge in [0.05, 0.1) is 17.9 Å². The third-order valence-electron chi connectivity index (χ3n) is 2.57. The lowest BCUT2D eigenvalue weighted by Crippen LogP contribution is -2.40. The van der Waals surface area contributed by atoms with E-state index in [1.165, 1.54) is 4.68 Å². The van der Waals surface area contributed by atoms with Gasteiger partial charge in [-0.1, -0.05) is 6.92 Å². The number of amides is 2. The van der Waals surface area contributed by atoms with Crippen molar-refractivity contribution in [3.05, 3.63) is 11.4 Å². The van der Waals surface area contributed by atoms with Gasteiger partial charge in [0.2, 0.25) is 5.91 Å². The number of nitrogens with zero attached hydrogens (tertiary/aromatic N) is 2. The molecule has 0 saturated carbocycles. The molecule has 0 unspecified atom stereocenters. The van der Waals surface area contributed by atoms with Crippen LogP contribution in [0.2, 0.25) is 0 Å². The number of nitrogens with one attached hydrogen (secondary N) is 2. The van der Waals surface area contributed by atoms with E-state index >= 15 is 0 Å². The van der Waals surface area contributed by atoms with E-state index in [0.29, 0.717) is 17.8 Å². The molecule has 19 heavy (non-hydrogen) atoms. The second-order valence-electron chi connectivity index (χ2n) is 4.59. The summed E-state index contributed by atoms with van der Waals surface area (Å²) in [5.41, 5.74) is 7.19. The zero-order chi connectivity index (χ0) is 14.6. The minimum absolute atomic E-state index is 0.0397. The van der Waals surface area contributed by atoms with Crippen molar-refractivity contribution in [2.75, 3.05) is 12.3 Å². The second kappa shape index (κ2) is 6.21. The highest BCUT2D eigenvalue weighted by molar-refractivity contribution is 5.99. The van der Waals surface area contributed by atoms with E-state index in [1.807, 2.05) is 20.8 Å². The molecule has 1 heterocycles. The van der Waals surface area contributed by atoms with Crippen LogP contribution in [0.4, 0.5) is 5.69 Å². The topological polar surface area (TPSA) is 102 Å². The van der Waals surface area contributed by atoms with Gasteiger partial charge in [0, 0.05) is 13.1 Å². The van der Waals surface area contributed by atoms with Crippen LogP contribution in [0.5, 0.6) is 0 Å². The van der Waals surface area contributed by atoms with Crippen LogP contribution < -0.4 is 16.4 Å². The van der Waals surface area contributed by atoms with Crippen LogP contribution >= 0.6 is 0 Å². The fraction of sp³-hybridized carbons (Fsp3) is 0.583. The highest BCUT2D eigenvalue weighted by atomic mass is 16.2. The minimum Gasteiger partial charge on any atom is -0.395 e. The van der Waals surface area contributed by atoms with Gasteiger partial charge < -0.3 is 16.4 Å². The molecule has 7 heteroatoms. The maximum Gasteiger partial charge on any atom is 0.272 e. The maximum atomic E-state index is 12.0. The second-order valence-corrected chi connectivity index (χ2v) is 4.59. The van der Waals surface area contributed by atoms with Crippen LogP contribution in [0, 0.1) is 0 Å². The van der Waals surface area contributed by atoms with Crippen LogP contribution in [0.25, 0.3) is 0 Å². The Balaban J connectivity index is 2.69. The predicted octanol–water partition coefficient (Wildman–Crippen LogP) is -0.181. The number of carbonyl (C=O) groups is 2. The average Bonchev–Trinajstić information content (AvgIpc) is 2.60. The molecular formula is C12H21N5O2. The van der Waals surface area contributed by atoms with Gasteiger partial charge in [-0.15, -0.1) is 0 Å². The number of aromatic nitrogens is 2. The van der Waals surface area contributed by atoms with Gasteiger partial charge in [0.25, 0.3) is 5.91 Å². The first-order valence-electron chi connectivity index (χ1n) is 6.25. The molecule has 7 nitrogen and oxygen atoms in total. The summed E-state index contributed by atoms with van der Waals surface area (Å²) >= 11 is 0. The van der Waals surface area contributed by atoms with Gasteiger partial charge in [-0.3, -0.25) is 14.3 Å². The lowest BCUT2D eigenvalue weighted by Gasteiger charge is -2.09. The average molecular weight is 267 g/mol. The third kappa shape index (κ3) is 3.70. The Hall–Kier alpha value is -2.05. The van der Waals surface area contributed by atoms with Gasteiger partial charge in [0.1, 0.15) is 5.69 Å². The van der Waals surface area contributed by atoms with Crippen LogP contribution in [0.3, 0.4) is 0 Å². The molecule has 0 radical (unpaired) electrons. The number of nitrogen functional groups attached to an aromatic ring is 1. The molecule has 0 aliphatic carbocycles. The summed E-state index contributed by atoms with van der Waals surface area (Å²) in [6, 6.07) is 0.0397. The Morgan fingerprint density at radius 2 is 2.05 bits per heavy atom. The van der Waals surface area contributed by atoms with Crippen molar-refractivity contribution in [1.29, 1.82) is 0 Å². The summed E-state index contributed by atoms with van der Waals surface area (Å²) in [6.45, 7) is 5.54. The highest BCUT2D eigenvalue weighted by Crippen LogP contribution is 2.16. The van der Waals surface area contributed by atoms with Gasteiger partial charge in [0.15, 0.2) is 0 Å². The Kier molecular flexibility index (Phi) is 4.91. The molecule has 0 aromatic carbocycles. The first-order chi connectivity index (χ1) is 8.86. The fourth-order valence-electron chi connectivity index (χ4n) is 1.74. The van der Waals surface area contributed by atoms with E-state index in [1.54, 1.807) is 7.05 Å². The Morgan fingerprint density at radius 3 is 2.53 bits per heavy atom. The van der Waals surface area contributed by atoms with Crippen molar-refractivity contribution in [3.8, 4) is 0 Å². The van der Waals surface area contributed by atoms with Crippen molar-refractivity contribution in [2.24, 2.45) is 7.05 Å². The number of aryl methyl sites for hydroxylation is 2. The highest BCUT2D eigenvalue weighted by Gasteiger charge is 2.19. The van der Waals surface area contributed by atoms with E-state index in [9.17, 15) is 9.59 Å². The lowest BCUT2D eigenvalue weighted by molar-refractivity contribution is -0.120. The van der Waals surface area contributed by atoms with E-state index in [0.717, 1.165) is 0 Å². The first-order valence-corrected chi connectivity index (χ1v) is 6.25. The number of hydrogen-bond acceptors (Lipinski definition) is 4. The van der Waals surface area contributed by atoms with Gasteiger partial charge in [-0.25, -0.2) is 0 Å². The summed E-state index contributed by atoms with van der Waals surface area (Å²) in [7, 11) is 1.65. The molecule has 4 N–H and O–H groups in total. The number of nitrogens with two attached hydrogens (primary N) is 1. The molecule has 0 spiro atoms. The Morgan fingerprint density at radius 1 is 1.42 bits per heavy atom. The summed E-state index contributed by atoms with van der Waals surface area (Å²) in [6.07, 6.45) is 0.654. The number of hydrogen-bond donors (Lipinski definition) is 3. The summed E-state index contributed by atoms with van der Waals surface area (Å²) in [4.78, 5) is 23.4. The first kappa shape index (κ1) is 15.0. The molecule has 0 bridgehead atoms. The van der Waals surface area contributed by atoms with Gasteiger partial charge >= 0.3 is 0 Å². The predicted molar refractivity (Wildman–Crippen MR) is 72.6 cm³/mol. The monoisotopic (exact) mass is 267 g/mol. The summed E-state index contributed by atoms with van der Waals surface area (Å²) < 4.78 is 1.43. The number of carbonyl (C=O) groups excluding carboxylic acids is 2. The van der Waals surface area contributed by atoms with Crippen molar-refractivity contribution < 1.29 is 9.59 Å². The van der Waals surface area contributed by atoms with Crippen molar-refractivity contribution in [1.82, 2.24) is 20.4 Å². The van der Waals surface area contributed by atoms with E-state index in [4.69, 9.17) is 5.73 Å². The molecule has 1 aromatic rings. The van der Waals surface area contributed by atoms with Crippen molar-refractivity contribution >= 4 is 17.5 Å². The zero-order valence-electron chi connectivity index (χ0n) is 11.8. The third-order valence-corrected chi connectivity index (χ3v) is 2.57. The molecule has 1 rings (SSSR count). The van der Waals surface area contributed by atoms with E-state index < -0.39 is 5.91 Å². The van der Waals surface area contributed by atoms with Crippen LogP contribution in [-0.2, 0) is 18.3 Å². The molecule has 0 atom stereocenters. The molecule has 0 fully saturated rings. The molecule has 0 aliphatic heterocycles. The van der Waals surface area contributed by atoms with Crippen LogP contribution in [-0.4, -0.2) is 34.2 Å². The van der Waals surface area contributed by atoms with Crippen molar-refractivity contribution in [2.45, 2.75) is 33.2 Å². The Labute approximate surface area is 112 Å². The quantitative estimate of drug-likeness (QED) is 0.688. The van der Waals surface area contributed by atoms with Gasteiger partial charge in [-0.05, 0) is 20.3 Å². The van der Waals surface area contributed by atoms with Crippen molar-refractivity contribution in [3.63, 3.8) is 0 Å². The standard InChI is InChI=1S/C12H21N5O2/c1-5-8-10(13)11(17(4)16-8)12(19)14-6-9(18)15-7(2)3/h7H,5-6,13H2,1-4H3,(H,14,19)(H,15,18). The lowest BCUT2D eigenvalue weighted by atomic mass is 10.2. The SMILES string of the molecule is CCc1nn(C)c(C(=O)NCC(=O)NC(C)C)c1N. The maximum absolute atomic E-state index is 12.0. The smallest absolute Gasteiger partial charge is 0.272 e. The normalized spacial score (nSPS) is 10.6.